The Morgan fingerprint density at radius 1 is 0.846 bits per heavy atom. The third-order valence-electron chi connectivity index (χ3n) is 3.55. The van der Waals surface area contributed by atoms with Gasteiger partial charge in [0.1, 0.15) is 5.82 Å². The molecular formula is C24H34N2. The second-order valence-electron chi connectivity index (χ2n) is 6.97. The zero-order valence-corrected chi connectivity index (χ0v) is 17.7. The van der Waals surface area contributed by atoms with Crippen LogP contribution in [-0.4, -0.2) is 9.55 Å². The molecule has 3 aromatic rings. The molecule has 26 heavy (non-hydrogen) atoms. The first-order valence-electron chi connectivity index (χ1n) is 9.57. The minimum absolute atomic E-state index is 0.833. The third kappa shape index (κ3) is 5.87. The molecule has 2 nitrogen and oxygen atoms in total. The van der Waals surface area contributed by atoms with Gasteiger partial charge in [-0.15, -0.1) is 0 Å². The second kappa shape index (κ2) is 10.6. The van der Waals surface area contributed by atoms with Crippen molar-refractivity contribution in [3.63, 3.8) is 0 Å². The van der Waals surface area contributed by atoms with Crippen LogP contribution in [0.3, 0.4) is 0 Å². The number of hydrogen-bond acceptors (Lipinski definition) is 1. The van der Waals surface area contributed by atoms with Crippen LogP contribution in [0.25, 0.3) is 17.1 Å². The molecule has 2 aromatic carbocycles. The van der Waals surface area contributed by atoms with Gasteiger partial charge in [0.05, 0.1) is 5.69 Å². The highest BCUT2D eigenvalue weighted by Crippen LogP contribution is 2.26. The molecular weight excluding hydrogens is 316 g/mol. The average Bonchev–Trinajstić information content (AvgIpc) is 3.05. The SMILES string of the molecule is CC.CC(C)C.Cc1cc(C)c(-n2ccnc2-c2ccccc2)c(C)c1. The highest BCUT2D eigenvalue weighted by molar-refractivity contribution is 5.61. The average molecular weight is 351 g/mol. The van der Waals surface area contributed by atoms with Gasteiger partial charge in [0.15, 0.2) is 0 Å². The van der Waals surface area contributed by atoms with Crippen LogP contribution in [0.5, 0.6) is 0 Å². The minimum Gasteiger partial charge on any atom is -0.299 e. The molecule has 0 aliphatic carbocycles. The summed E-state index contributed by atoms with van der Waals surface area (Å²) in [6.07, 6.45) is 3.90. The smallest absolute Gasteiger partial charge is 0.144 e. The van der Waals surface area contributed by atoms with E-state index in [0.717, 1.165) is 17.3 Å². The quantitative estimate of drug-likeness (QED) is 0.479. The highest BCUT2D eigenvalue weighted by atomic mass is 15.1. The molecule has 0 spiro atoms. The van der Waals surface area contributed by atoms with Gasteiger partial charge in [-0.3, -0.25) is 4.57 Å². The Bertz CT molecular complexity index is 757. The number of rotatable bonds is 2. The lowest BCUT2D eigenvalue weighted by molar-refractivity contribution is 0.737. The van der Waals surface area contributed by atoms with Crippen LogP contribution in [0.1, 0.15) is 51.3 Å². The number of aromatic nitrogens is 2. The summed E-state index contributed by atoms with van der Waals surface area (Å²) < 4.78 is 2.18. The van der Waals surface area contributed by atoms with Crippen molar-refractivity contribution in [2.24, 2.45) is 5.92 Å². The molecule has 0 bridgehead atoms. The van der Waals surface area contributed by atoms with Gasteiger partial charge in [0.25, 0.3) is 0 Å². The predicted octanol–water partition coefficient (Wildman–Crippen LogP) is 7.15. The molecule has 0 aliphatic heterocycles. The number of nitrogens with zero attached hydrogens (tertiary/aromatic N) is 2. The van der Waals surface area contributed by atoms with Gasteiger partial charge in [-0.2, -0.15) is 0 Å². The fourth-order valence-electron chi connectivity index (χ4n) is 2.84. The first-order valence-corrected chi connectivity index (χ1v) is 9.57. The number of aryl methyl sites for hydroxylation is 3. The summed E-state index contributed by atoms with van der Waals surface area (Å²) in [5.41, 5.74) is 6.21. The molecule has 1 heterocycles. The molecule has 0 N–H and O–H groups in total. The predicted molar refractivity (Wildman–Crippen MR) is 115 cm³/mol. The molecule has 0 amide bonds. The standard InChI is InChI=1S/C18H18N2.C4H10.C2H6/c1-13-11-14(2)17(15(3)12-13)20-10-9-19-18(20)16-7-5-4-6-8-16;1-4(2)3;1-2/h4-12H,1-3H3;4H,1-3H3;1-2H3. The third-order valence-corrected chi connectivity index (χ3v) is 3.55. The fourth-order valence-corrected chi connectivity index (χ4v) is 2.84. The van der Waals surface area contributed by atoms with Crippen molar-refractivity contribution < 1.29 is 0 Å². The Morgan fingerprint density at radius 3 is 1.85 bits per heavy atom. The van der Waals surface area contributed by atoms with Gasteiger partial charge in [-0.1, -0.05) is 82.6 Å². The van der Waals surface area contributed by atoms with Gasteiger partial charge in [-0.25, -0.2) is 4.98 Å². The second-order valence-corrected chi connectivity index (χ2v) is 6.97. The van der Waals surface area contributed by atoms with E-state index in [1.165, 1.54) is 22.4 Å². The molecule has 0 saturated heterocycles. The first kappa shape index (κ1) is 21.7. The van der Waals surface area contributed by atoms with Crippen LogP contribution in [0.4, 0.5) is 0 Å². The summed E-state index contributed by atoms with van der Waals surface area (Å²) in [5.74, 6) is 1.82. The van der Waals surface area contributed by atoms with Crippen molar-refractivity contribution in [2.45, 2.75) is 55.4 Å². The summed E-state index contributed by atoms with van der Waals surface area (Å²) >= 11 is 0. The molecule has 0 fully saturated rings. The van der Waals surface area contributed by atoms with Gasteiger partial charge in [-0.05, 0) is 37.8 Å². The van der Waals surface area contributed by atoms with E-state index in [2.05, 4.69) is 75.4 Å². The molecule has 1 aromatic heterocycles. The van der Waals surface area contributed by atoms with E-state index in [4.69, 9.17) is 0 Å². The zero-order chi connectivity index (χ0) is 19.7. The Balaban J connectivity index is 0.000000500. The van der Waals surface area contributed by atoms with Crippen molar-refractivity contribution >= 4 is 0 Å². The molecule has 0 radical (unpaired) electrons. The molecule has 0 saturated carbocycles. The maximum Gasteiger partial charge on any atom is 0.144 e. The van der Waals surface area contributed by atoms with Gasteiger partial charge >= 0.3 is 0 Å². The Hall–Kier alpha value is -2.35. The van der Waals surface area contributed by atoms with Crippen molar-refractivity contribution in [3.8, 4) is 17.1 Å². The lowest BCUT2D eigenvalue weighted by Gasteiger charge is -2.15. The Morgan fingerprint density at radius 2 is 1.35 bits per heavy atom. The van der Waals surface area contributed by atoms with E-state index < -0.39 is 0 Å². The molecule has 140 valence electrons. The summed E-state index contributed by atoms with van der Waals surface area (Å²) in [4.78, 5) is 4.53. The van der Waals surface area contributed by atoms with Crippen molar-refractivity contribution in [1.82, 2.24) is 9.55 Å². The van der Waals surface area contributed by atoms with E-state index in [1.807, 2.05) is 44.4 Å². The zero-order valence-electron chi connectivity index (χ0n) is 17.7. The summed E-state index contributed by atoms with van der Waals surface area (Å²) in [6.45, 7) is 16.9. The van der Waals surface area contributed by atoms with Crippen molar-refractivity contribution in [3.05, 3.63) is 71.5 Å². The van der Waals surface area contributed by atoms with Crippen LogP contribution in [-0.2, 0) is 0 Å². The van der Waals surface area contributed by atoms with E-state index in [-0.39, 0.29) is 0 Å². The normalized spacial score (nSPS) is 9.88. The number of hydrogen-bond donors (Lipinski definition) is 0. The van der Waals surface area contributed by atoms with E-state index in [1.54, 1.807) is 0 Å². The van der Waals surface area contributed by atoms with Crippen LogP contribution < -0.4 is 0 Å². The van der Waals surface area contributed by atoms with Crippen LogP contribution >= 0.6 is 0 Å². The molecule has 0 aliphatic rings. The molecule has 0 unspecified atom stereocenters. The van der Waals surface area contributed by atoms with Crippen LogP contribution in [0, 0.1) is 26.7 Å². The lowest BCUT2D eigenvalue weighted by atomic mass is 10.0. The highest BCUT2D eigenvalue weighted by Gasteiger charge is 2.11. The maximum atomic E-state index is 4.53. The topological polar surface area (TPSA) is 17.8 Å². The Labute approximate surface area is 159 Å². The first-order chi connectivity index (χ1) is 12.4. The lowest BCUT2D eigenvalue weighted by Crippen LogP contribution is -2.02. The summed E-state index contributed by atoms with van der Waals surface area (Å²) in [7, 11) is 0. The minimum atomic E-state index is 0.833. The van der Waals surface area contributed by atoms with Crippen molar-refractivity contribution in [2.75, 3.05) is 0 Å². The van der Waals surface area contributed by atoms with Gasteiger partial charge in [0, 0.05) is 18.0 Å². The molecule has 2 heteroatoms. The van der Waals surface area contributed by atoms with E-state index >= 15 is 0 Å². The number of imidazole rings is 1. The summed E-state index contributed by atoms with van der Waals surface area (Å²) in [5, 5.41) is 0. The monoisotopic (exact) mass is 350 g/mol. The van der Waals surface area contributed by atoms with Gasteiger partial charge < -0.3 is 0 Å². The molecule has 3 rings (SSSR count). The largest absolute Gasteiger partial charge is 0.299 e. The maximum absolute atomic E-state index is 4.53. The van der Waals surface area contributed by atoms with Crippen LogP contribution in [0.2, 0.25) is 0 Å². The number of benzene rings is 2. The van der Waals surface area contributed by atoms with Crippen LogP contribution in [0.15, 0.2) is 54.9 Å². The fraction of sp³-hybridized carbons (Fsp3) is 0.375. The summed E-state index contributed by atoms with van der Waals surface area (Å²) in [6, 6.07) is 14.7. The van der Waals surface area contributed by atoms with E-state index in [9.17, 15) is 0 Å². The Kier molecular flexibility index (Phi) is 8.84. The van der Waals surface area contributed by atoms with Crippen molar-refractivity contribution in [1.29, 1.82) is 0 Å². The van der Waals surface area contributed by atoms with E-state index in [0.29, 0.717) is 0 Å². The molecule has 0 atom stereocenters. The van der Waals surface area contributed by atoms with Gasteiger partial charge in [0.2, 0.25) is 0 Å².